The molecule has 0 saturated carbocycles. The molecule has 2 aromatic carbocycles. The third-order valence-corrected chi connectivity index (χ3v) is 6.95. The molecule has 0 aliphatic carbocycles. The van der Waals surface area contributed by atoms with Gasteiger partial charge in [0, 0.05) is 30.5 Å². The number of carbonyl (C=O) groups excluding carboxylic acids is 1. The summed E-state index contributed by atoms with van der Waals surface area (Å²) in [5, 5.41) is 5.55. The maximum Gasteiger partial charge on any atom is 0.323 e. The van der Waals surface area contributed by atoms with Crippen LogP contribution >= 0.6 is 0 Å². The number of amides is 2. The summed E-state index contributed by atoms with van der Waals surface area (Å²) in [5.74, 6) is 1.39. The van der Waals surface area contributed by atoms with Crippen molar-refractivity contribution in [2.75, 3.05) is 29.7 Å². The molecule has 2 aliphatic heterocycles. The van der Waals surface area contributed by atoms with E-state index >= 15 is 0 Å². The van der Waals surface area contributed by atoms with Crippen molar-refractivity contribution in [3.05, 3.63) is 47.5 Å². The minimum atomic E-state index is -3.25. The lowest BCUT2D eigenvalue weighted by atomic mass is 10.0. The Morgan fingerprint density at radius 1 is 1.03 bits per heavy atom. The molecule has 0 fully saturated rings. The molecule has 2 aromatic rings. The number of urea groups is 1. The van der Waals surface area contributed by atoms with E-state index in [9.17, 15) is 13.2 Å². The minimum absolute atomic E-state index is 0.151. The lowest BCUT2D eigenvalue weighted by Gasteiger charge is -2.28. The number of anilines is 2. The van der Waals surface area contributed by atoms with Crippen molar-refractivity contribution in [2.45, 2.75) is 26.3 Å². The summed E-state index contributed by atoms with van der Waals surface area (Å²) in [5.41, 5.74) is 3.21. The number of rotatable bonds is 5. The highest BCUT2D eigenvalue weighted by Crippen LogP contribution is 2.34. The van der Waals surface area contributed by atoms with Gasteiger partial charge in [0.2, 0.25) is 16.8 Å². The van der Waals surface area contributed by atoms with Gasteiger partial charge in [0.25, 0.3) is 0 Å². The van der Waals surface area contributed by atoms with Crippen molar-refractivity contribution in [3.63, 3.8) is 0 Å². The van der Waals surface area contributed by atoms with Crippen molar-refractivity contribution in [2.24, 2.45) is 0 Å². The molecule has 0 spiro atoms. The Morgan fingerprint density at radius 2 is 1.76 bits per heavy atom. The Hall–Kier alpha value is -2.78. The van der Waals surface area contributed by atoms with Gasteiger partial charge in [0.05, 0.1) is 5.75 Å². The molecule has 0 unspecified atom stereocenters. The van der Waals surface area contributed by atoms with Crippen LogP contribution < -0.4 is 20.1 Å². The second-order valence-electron chi connectivity index (χ2n) is 7.03. The van der Waals surface area contributed by atoms with Crippen LogP contribution in [0.3, 0.4) is 0 Å². The van der Waals surface area contributed by atoms with Crippen LogP contribution in [0.2, 0.25) is 0 Å². The van der Waals surface area contributed by atoms with E-state index in [1.807, 2.05) is 25.1 Å². The van der Waals surface area contributed by atoms with Crippen molar-refractivity contribution in [3.8, 4) is 11.5 Å². The first kappa shape index (κ1) is 19.5. The first-order chi connectivity index (χ1) is 13.9. The fourth-order valence-corrected chi connectivity index (χ4v) is 4.98. The highest BCUT2D eigenvalue weighted by atomic mass is 32.2. The van der Waals surface area contributed by atoms with Gasteiger partial charge < -0.3 is 20.1 Å². The second kappa shape index (κ2) is 7.92. The Kier molecular flexibility index (Phi) is 5.33. The van der Waals surface area contributed by atoms with Gasteiger partial charge in [-0.25, -0.2) is 13.2 Å². The van der Waals surface area contributed by atoms with Crippen LogP contribution in [-0.4, -0.2) is 37.8 Å². The fourth-order valence-electron chi connectivity index (χ4n) is 3.50. The maximum atomic E-state index is 12.4. The number of carbonyl (C=O) groups is 1. The monoisotopic (exact) mass is 417 g/mol. The van der Waals surface area contributed by atoms with Gasteiger partial charge >= 0.3 is 6.03 Å². The lowest BCUT2D eigenvalue weighted by Crippen LogP contribution is -2.37. The average Bonchev–Trinajstić information content (AvgIpc) is 3.15. The molecule has 9 heteroatoms. The van der Waals surface area contributed by atoms with Crippen LogP contribution in [0.4, 0.5) is 16.2 Å². The second-order valence-corrected chi connectivity index (χ2v) is 9.12. The van der Waals surface area contributed by atoms with Crippen LogP contribution in [0.5, 0.6) is 11.5 Å². The van der Waals surface area contributed by atoms with Gasteiger partial charge in [-0.15, -0.1) is 0 Å². The largest absolute Gasteiger partial charge is 0.454 e. The van der Waals surface area contributed by atoms with E-state index in [-0.39, 0.29) is 12.5 Å². The highest BCUT2D eigenvalue weighted by molar-refractivity contribution is 7.89. The molecule has 0 bridgehead atoms. The molecular formula is C20H23N3O5S. The summed E-state index contributed by atoms with van der Waals surface area (Å²) in [6, 6.07) is 10.4. The van der Waals surface area contributed by atoms with Crippen LogP contribution in [0.25, 0.3) is 0 Å². The Morgan fingerprint density at radius 3 is 2.55 bits per heavy atom. The van der Waals surface area contributed by atoms with Gasteiger partial charge in [-0.1, -0.05) is 13.0 Å². The molecule has 0 saturated heterocycles. The summed E-state index contributed by atoms with van der Waals surface area (Å²) >= 11 is 0. The van der Waals surface area contributed by atoms with Gasteiger partial charge in [0.1, 0.15) is 0 Å². The molecule has 8 nitrogen and oxygen atoms in total. The average molecular weight is 417 g/mol. The van der Waals surface area contributed by atoms with Crippen molar-refractivity contribution in [1.29, 1.82) is 0 Å². The number of sulfonamides is 1. The van der Waals surface area contributed by atoms with Gasteiger partial charge in [0.15, 0.2) is 11.5 Å². The Labute approximate surface area is 169 Å². The van der Waals surface area contributed by atoms with Gasteiger partial charge in [-0.3, -0.25) is 0 Å². The highest BCUT2D eigenvalue weighted by Gasteiger charge is 2.26. The summed E-state index contributed by atoms with van der Waals surface area (Å²) in [6.07, 6.45) is 1.26. The van der Waals surface area contributed by atoms with E-state index in [1.54, 1.807) is 18.2 Å². The van der Waals surface area contributed by atoms with Crippen LogP contribution in [-0.2, 0) is 23.0 Å². The summed E-state index contributed by atoms with van der Waals surface area (Å²) < 4.78 is 36.8. The fraction of sp³-hybridized carbons (Fsp3) is 0.350. The number of ether oxygens (including phenoxy) is 2. The first-order valence-corrected chi connectivity index (χ1v) is 11.1. The molecule has 0 atom stereocenters. The quantitative estimate of drug-likeness (QED) is 0.779. The Bertz CT molecular complexity index is 1040. The van der Waals surface area contributed by atoms with E-state index in [0.29, 0.717) is 48.8 Å². The summed E-state index contributed by atoms with van der Waals surface area (Å²) in [7, 11) is -3.25. The number of benzene rings is 2. The zero-order valence-corrected chi connectivity index (χ0v) is 16.9. The maximum absolute atomic E-state index is 12.4. The van der Waals surface area contributed by atoms with E-state index in [0.717, 1.165) is 11.1 Å². The molecule has 2 amide bonds. The third kappa shape index (κ3) is 4.30. The van der Waals surface area contributed by atoms with Crippen LogP contribution in [0.1, 0.15) is 24.5 Å². The van der Waals surface area contributed by atoms with Gasteiger partial charge in [-0.05, 0) is 48.2 Å². The zero-order chi connectivity index (χ0) is 20.4. The number of nitrogens with one attached hydrogen (secondary N) is 2. The molecule has 29 heavy (non-hydrogen) atoms. The molecule has 2 aliphatic rings. The molecule has 4 rings (SSSR count). The zero-order valence-electron chi connectivity index (χ0n) is 16.1. The predicted octanol–water partition coefficient (Wildman–Crippen LogP) is 3.16. The number of nitrogens with zero attached hydrogens (tertiary/aromatic N) is 1. The molecule has 2 N–H and O–H groups in total. The predicted molar refractivity (Wildman–Crippen MR) is 110 cm³/mol. The number of hydrogen-bond acceptors (Lipinski definition) is 5. The smallest absolute Gasteiger partial charge is 0.323 e. The summed E-state index contributed by atoms with van der Waals surface area (Å²) in [6.45, 7) is 2.85. The van der Waals surface area contributed by atoms with E-state index in [4.69, 9.17) is 9.47 Å². The topological polar surface area (TPSA) is 97.0 Å². The van der Waals surface area contributed by atoms with Crippen LogP contribution in [0.15, 0.2) is 36.4 Å². The first-order valence-electron chi connectivity index (χ1n) is 9.52. The van der Waals surface area contributed by atoms with E-state index < -0.39 is 16.1 Å². The standard InChI is InChI=1S/C20H23N3O5S/c1-2-9-29(25,26)23-8-7-14-3-4-16(10-15(14)12-23)21-20(24)22-17-5-6-18-19(11-17)28-13-27-18/h3-6,10-11H,2,7-9,12-13H2,1H3,(H2,21,22,24). The third-order valence-electron chi connectivity index (χ3n) is 4.93. The van der Waals surface area contributed by atoms with Crippen molar-refractivity contribution in [1.82, 2.24) is 4.31 Å². The van der Waals surface area contributed by atoms with Crippen LogP contribution in [0, 0.1) is 0 Å². The number of hydrogen-bond donors (Lipinski definition) is 2. The molecular weight excluding hydrogens is 394 g/mol. The van der Waals surface area contributed by atoms with Crippen molar-refractivity contribution >= 4 is 27.4 Å². The molecule has 0 aromatic heterocycles. The lowest BCUT2D eigenvalue weighted by molar-refractivity contribution is 0.174. The molecule has 2 heterocycles. The van der Waals surface area contributed by atoms with Gasteiger partial charge in [-0.2, -0.15) is 4.31 Å². The van der Waals surface area contributed by atoms with E-state index in [2.05, 4.69) is 10.6 Å². The Balaban J connectivity index is 1.43. The molecule has 0 radical (unpaired) electrons. The summed E-state index contributed by atoms with van der Waals surface area (Å²) in [4.78, 5) is 12.4. The van der Waals surface area contributed by atoms with Crippen molar-refractivity contribution < 1.29 is 22.7 Å². The minimum Gasteiger partial charge on any atom is -0.454 e. The number of fused-ring (bicyclic) bond motifs is 2. The molecule has 154 valence electrons. The normalized spacial score (nSPS) is 15.6. The van der Waals surface area contributed by atoms with E-state index in [1.165, 1.54) is 4.31 Å². The SMILES string of the molecule is CCCS(=O)(=O)N1CCc2ccc(NC(=O)Nc3ccc4c(c3)OCO4)cc2C1.